The number of rotatable bonds is 3. The van der Waals surface area contributed by atoms with E-state index in [9.17, 15) is 4.79 Å². The second-order valence-electron chi connectivity index (χ2n) is 2.54. The first-order chi connectivity index (χ1) is 6.61. The number of carbonyl (C=O) groups excluding carboxylic acids is 1. The van der Waals surface area contributed by atoms with Gasteiger partial charge < -0.3 is 5.32 Å². The van der Waals surface area contributed by atoms with Crippen molar-refractivity contribution in [2.45, 2.75) is 0 Å². The molecule has 0 saturated carbocycles. The van der Waals surface area contributed by atoms with Crippen LogP contribution in [0.1, 0.15) is 10.4 Å². The van der Waals surface area contributed by atoms with Crippen LogP contribution < -0.4 is 5.32 Å². The summed E-state index contributed by atoms with van der Waals surface area (Å²) in [7, 11) is 0. The molecule has 0 aliphatic carbocycles. The molecule has 74 valence electrons. The summed E-state index contributed by atoms with van der Waals surface area (Å²) in [6.45, 7) is 4.02. The fourth-order valence-electron chi connectivity index (χ4n) is 0.827. The number of amides is 1. The van der Waals surface area contributed by atoms with Crippen LogP contribution in [-0.4, -0.2) is 17.4 Å². The van der Waals surface area contributed by atoms with E-state index in [0.29, 0.717) is 16.7 Å². The van der Waals surface area contributed by atoms with Crippen LogP contribution >= 0.6 is 31.9 Å². The predicted molar refractivity (Wildman–Crippen MR) is 62.3 cm³/mol. The maximum absolute atomic E-state index is 11.5. The van der Waals surface area contributed by atoms with E-state index in [1.165, 1.54) is 0 Å². The van der Waals surface area contributed by atoms with E-state index in [4.69, 9.17) is 0 Å². The molecule has 5 heteroatoms. The number of halogens is 2. The maximum atomic E-state index is 11.5. The van der Waals surface area contributed by atoms with Gasteiger partial charge in [-0.25, -0.2) is 4.98 Å². The molecule has 1 amide bonds. The van der Waals surface area contributed by atoms with Gasteiger partial charge in [-0.3, -0.25) is 4.79 Å². The highest BCUT2D eigenvalue weighted by Crippen LogP contribution is 2.12. The Morgan fingerprint density at radius 1 is 1.64 bits per heavy atom. The summed E-state index contributed by atoms with van der Waals surface area (Å²) < 4.78 is 1.27. The van der Waals surface area contributed by atoms with Crippen LogP contribution in [0.5, 0.6) is 0 Å². The maximum Gasteiger partial charge on any atom is 0.254 e. The molecule has 0 aliphatic rings. The molecule has 1 aromatic rings. The molecule has 0 fully saturated rings. The van der Waals surface area contributed by atoms with Crippen molar-refractivity contribution in [2.75, 3.05) is 6.54 Å². The number of nitrogens with one attached hydrogen (secondary N) is 1. The zero-order valence-corrected chi connectivity index (χ0v) is 10.4. The van der Waals surface area contributed by atoms with Crippen molar-refractivity contribution in [3.8, 4) is 0 Å². The number of hydrogen-bond donors (Lipinski definition) is 1. The first-order valence-electron chi connectivity index (χ1n) is 3.83. The van der Waals surface area contributed by atoms with E-state index in [1.54, 1.807) is 18.3 Å². The van der Waals surface area contributed by atoms with Gasteiger partial charge in [-0.15, -0.1) is 0 Å². The third-order valence-electron chi connectivity index (χ3n) is 1.44. The van der Waals surface area contributed by atoms with Crippen molar-refractivity contribution in [2.24, 2.45) is 0 Å². The summed E-state index contributed by atoms with van der Waals surface area (Å²) in [5.41, 5.74) is 0.515. The molecular weight excluding hydrogens is 312 g/mol. The SMILES string of the molecule is C=C(Br)CNC(=O)c1cccnc1Br. The molecule has 0 atom stereocenters. The van der Waals surface area contributed by atoms with Crippen LogP contribution in [0.4, 0.5) is 0 Å². The molecule has 3 nitrogen and oxygen atoms in total. The number of aromatic nitrogens is 1. The van der Waals surface area contributed by atoms with E-state index in [1.807, 2.05) is 0 Å². The minimum absolute atomic E-state index is 0.175. The highest BCUT2D eigenvalue weighted by atomic mass is 79.9. The van der Waals surface area contributed by atoms with Crippen LogP contribution in [0.3, 0.4) is 0 Å². The van der Waals surface area contributed by atoms with E-state index in [0.717, 1.165) is 4.48 Å². The third-order valence-corrected chi connectivity index (χ3v) is 2.36. The summed E-state index contributed by atoms with van der Waals surface area (Å²) >= 11 is 6.36. The molecular formula is C9H8Br2N2O. The summed E-state index contributed by atoms with van der Waals surface area (Å²) in [5.74, 6) is -0.175. The van der Waals surface area contributed by atoms with Crippen LogP contribution in [0, 0.1) is 0 Å². The molecule has 1 rings (SSSR count). The van der Waals surface area contributed by atoms with Gasteiger partial charge in [0.2, 0.25) is 0 Å². The molecule has 1 heterocycles. The zero-order valence-electron chi connectivity index (χ0n) is 7.26. The first kappa shape index (κ1) is 11.4. The van der Waals surface area contributed by atoms with Crippen LogP contribution in [-0.2, 0) is 0 Å². The van der Waals surface area contributed by atoms with Crippen LogP contribution in [0.25, 0.3) is 0 Å². The van der Waals surface area contributed by atoms with Crippen molar-refractivity contribution in [3.05, 3.63) is 39.6 Å². The lowest BCUT2D eigenvalue weighted by atomic mass is 10.3. The minimum atomic E-state index is -0.175. The molecule has 1 aromatic heterocycles. The first-order valence-corrected chi connectivity index (χ1v) is 5.42. The lowest BCUT2D eigenvalue weighted by molar-refractivity contribution is 0.0956. The summed E-state index contributed by atoms with van der Waals surface area (Å²) in [4.78, 5) is 15.5. The number of pyridine rings is 1. The van der Waals surface area contributed by atoms with E-state index >= 15 is 0 Å². The zero-order chi connectivity index (χ0) is 10.6. The Kier molecular flexibility index (Phi) is 4.28. The van der Waals surface area contributed by atoms with E-state index in [-0.39, 0.29) is 5.91 Å². The quantitative estimate of drug-likeness (QED) is 0.870. The Hall–Kier alpha value is -0.680. The fourth-order valence-corrected chi connectivity index (χ4v) is 1.40. The normalized spacial score (nSPS) is 9.57. The van der Waals surface area contributed by atoms with Crippen molar-refractivity contribution < 1.29 is 4.79 Å². The summed E-state index contributed by atoms with van der Waals surface area (Å²) in [5, 5.41) is 2.68. The van der Waals surface area contributed by atoms with Gasteiger partial charge in [0.1, 0.15) is 4.60 Å². The van der Waals surface area contributed by atoms with Gasteiger partial charge in [0.05, 0.1) is 5.56 Å². The van der Waals surface area contributed by atoms with Gasteiger partial charge in [-0.2, -0.15) is 0 Å². The topological polar surface area (TPSA) is 42.0 Å². The molecule has 0 unspecified atom stereocenters. The molecule has 14 heavy (non-hydrogen) atoms. The smallest absolute Gasteiger partial charge is 0.254 e. The number of carbonyl (C=O) groups is 1. The average molecular weight is 320 g/mol. The fraction of sp³-hybridized carbons (Fsp3) is 0.111. The minimum Gasteiger partial charge on any atom is -0.347 e. The molecule has 0 aromatic carbocycles. The second-order valence-corrected chi connectivity index (χ2v) is 4.41. The monoisotopic (exact) mass is 318 g/mol. The average Bonchev–Trinajstić information content (AvgIpc) is 2.15. The lowest BCUT2D eigenvalue weighted by Crippen LogP contribution is -2.24. The molecule has 1 N–H and O–H groups in total. The molecule has 0 radical (unpaired) electrons. The predicted octanol–water partition coefficient (Wildman–Crippen LogP) is 2.48. The largest absolute Gasteiger partial charge is 0.347 e. The van der Waals surface area contributed by atoms with Crippen molar-refractivity contribution in [1.82, 2.24) is 10.3 Å². The Bertz CT molecular complexity index is 366. The van der Waals surface area contributed by atoms with E-state index < -0.39 is 0 Å². The van der Waals surface area contributed by atoms with Gasteiger partial charge in [-0.1, -0.05) is 22.5 Å². The molecule has 0 aliphatic heterocycles. The van der Waals surface area contributed by atoms with Gasteiger partial charge >= 0.3 is 0 Å². The lowest BCUT2D eigenvalue weighted by Gasteiger charge is -2.04. The molecule has 0 bridgehead atoms. The Labute approximate surface area is 98.9 Å². The van der Waals surface area contributed by atoms with Crippen LogP contribution in [0.15, 0.2) is 34.0 Å². The highest BCUT2D eigenvalue weighted by molar-refractivity contribution is 9.11. The summed E-state index contributed by atoms with van der Waals surface area (Å²) in [6.07, 6.45) is 1.62. The van der Waals surface area contributed by atoms with Gasteiger partial charge in [-0.05, 0) is 28.1 Å². The van der Waals surface area contributed by atoms with E-state index in [2.05, 4.69) is 48.7 Å². The van der Waals surface area contributed by atoms with Gasteiger partial charge in [0.25, 0.3) is 5.91 Å². The Morgan fingerprint density at radius 2 is 2.36 bits per heavy atom. The van der Waals surface area contributed by atoms with Crippen molar-refractivity contribution in [1.29, 1.82) is 0 Å². The third kappa shape index (κ3) is 3.23. The molecule has 0 saturated heterocycles. The Balaban J connectivity index is 2.70. The van der Waals surface area contributed by atoms with Crippen molar-refractivity contribution >= 4 is 37.8 Å². The standard InChI is InChI=1S/C9H8Br2N2O/c1-6(10)5-13-9(14)7-3-2-4-12-8(7)11/h2-4H,1,5H2,(H,13,14). The highest BCUT2D eigenvalue weighted by Gasteiger charge is 2.08. The van der Waals surface area contributed by atoms with Gasteiger partial charge in [0.15, 0.2) is 0 Å². The summed E-state index contributed by atoms with van der Waals surface area (Å²) in [6, 6.07) is 3.41. The number of nitrogens with zero attached hydrogens (tertiary/aromatic N) is 1. The second kappa shape index (κ2) is 5.26. The van der Waals surface area contributed by atoms with Gasteiger partial charge in [0, 0.05) is 17.2 Å². The number of hydrogen-bond acceptors (Lipinski definition) is 2. The van der Waals surface area contributed by atoms with Crippen molar-refractivity contribution in [3.63, 3.8) is 0 Å². The molecule has 0 spiro atoms. The Morgan fingerprint density at radius 3 is 2.93 bits per heavy atom. The van der Waals surface area contributed by atoms with Crippen LogP contribution in [0.2, 0.25) is 0 Å².